The third-order valence-corrected chi connectivity index (χ3v) is 3.80. The fraction of sp³-hybridized carbons (Fsp3) is 0.222. The highest BCUT2D eigenvalue weighted by Gasteiger charge is 2.13. The second kappa shape index (κ2) is 7.07. The smallest absolute Gasteiger partial charge is 0.119 e. The fourth-order valence-electron chi connectivity index (χ4n) is 2.54. The third kappa shape index (κ3) is 3.40. The van der Waals surface area contributed by atoms with Gasteiger partial charge in [0.15, 0.2) is 0 Å². The largest absolute Gasteiger partial charge is 0.497 e. The van der Waals surface area contributed by atoms with Crippen LogP contribution in [0, 0.1) is 0 Å². The zero-order valence-corrected chi connectivity index (χ0v) is 13.0. The van der Waals surface area contributed by atoms with Crippen molar-refractivity contribution in [2.45, 2.75) is 19.4 Å². The van der Waals surface area contributed by atoms with Gasteiger partial charge < -0.3 is 9.84 Å². The van der Waals surface area contributed by atoms with Gasteiger partial charge in [0.2, 0.25) is 0 Å². The maximum absolute atomic E-state index is 9.52. The zero-order valence-electron chi connectivity index (χ0n) is 13.0. The van der Waals surface area contributed by atoms with E-state index in [0.717, 1.165) is 30.0 Å². The Labute approximate surface area is 135 Å². The Balaban J connectivity index is 1.87. The van der Waals surface area contributed by atoms with Crippen LogP contribution >= 0.6 is 0 Å². The van der Waals surface area contributed by atoms with E-state index in [9.17, 15) is 5.11 Å². The molecule has 0 spiro atoms. The predicted molar refractivity (Wildman–Crippen MR) is 87.7 cm³/mol. The molecule has 3 rings (SSSR count). The molecule has 0 fully saturated rings. The van der Waals surface area contributed by atoms with Gasteiger partial charge in [0.1, 0.15) is 11.4 Å². The summed E-state index contributed by atoms with van der Waals surface area (Å²) in [4.78, 5) is 0. The van der Waals surface area contributed by atoms with Crippen LogP contribution < -0.4 is 4.74 Å². The normalized spacial score (nSPS) is 10.7. The molecule has 1 N–H and O–H groups in total. The van der Waals surface area contributed by atoms with E-state index in [2.05, 4.69) is 22.4 Å². The monoisotopic (exact) mass is 309 g/mol. The van der Waals surface area contributed by atoms with E-state index in [1.165, 1.54) is 5.56 Å². The summed E-state index contributed by atoms with van der Waals surface area (Å²) in [7, 11) is 1.64. The van der Waals surface area contributed by atoms with Gasteiger partial charge in [-0.3, -0.25) is 0 Å². The average Bonchev–Trinajstić information content (AvgIpc) is 3.04. The van der Waals surface area contributed by atoms with Crippen molar-refractivity contribution in [3.63, 3.8) is 0 Å². The number of methoxy groups -OCH3 is 1. The number of hydrogen-bond donors (Lipinski definition) is 1. The van der Waals surface area contributed by atoms with Gasteiger partial charge in [-0.15, -0.1) is 5.10 Å². The van der Waals surface area contributed by atoms with E-state index in [1.807, 2.05) is 42.5 Å². The maximum Gasteiger partial charge on any atom is 0.119 e. The first kappa shape index (κ1) is 15.2. The number of ether oxygens (including phenoxy) is 1. The minimum atomic E-state index is -0.111. The second-order valence-electron chi connectivity index (χ2n) is 5.24. The zero-order chi connectivity index (χ0) is 16.1. The summed E-state index contributed by atoms with van der Waals surface area (Å²) in [6.07, 6.45) is 1.64. The third-order valence-electron chi connectivity index (χ3n) is 3.80. The molecule has 0 amide bonds. The first-order valence-electron chi connectivity index (χ1n) is 7.54. The van der Waals surface area contributed by atoms with Gasteiger partial charge in [-0.2, -0.15) is 0 Å². The highest BCUT2D eigenvalue weighted by molar-refractivity contribution is 5.38. The number of aliphatic hydroxyl groups is 1. The van der Waals surface area contributed by atoms with Gasteiger partial charge >= 0.3 is 0 Å². The van der Waals surface area contributed by atoms with Crippen LogP contribution in [0.2, 0.25) is 0 Å². The molecule has 0 saturated heterocycles. The van der Waals surface area contributed by atoms with Gasteiger partial charge in [-0.05, 0) is 42.7 Å². The first-order valence-corrected chi connectivity index (χ1v) is 7.54. The number of nitrogens with zero attached hydrogens (tertiary/aromatic N) is 3. The van der Waals surface area contributed by atoms with Gasteiger partial charge in [-0.1, -0.05) is 35.5 Å². The SMILES string of the molecule is COc1ccc(-n2nnc(CO)c2CCc2ccccc2)cc1. The lowest BCUT2D eigenvalue weighted by atomic mass is 10.1. The number of aryl methyl sites for hydroxylation is 1. The van der Waals surface area contributed by atoms with Crippen molar-refractivity contribution in [3.8, 4) is 11.4 Å². The summed E-state index contributed by atoms with van der Waals surface area (Å²) in [5, 5.41) is 17.8. The molecule has 0 atom stereocenters. The molecule has 2 aromatic carbocycles. The minimum absolute atomic E-state index is 0.111. The molecule has 0 saturated carbocycles. The van der Waals surface area contributed by atoms with Crippen molar-refractivity contribution in [2.75, 3.05) is 7.11 Å². The maximum atomic E-state index is 9.52. The van der Waals surface area contributed by atoms with Crippen LogP contribution in [0.25, 0.3) is 5.69 Å². The minimum Gasteiger partial charge on any atom is -0.497 e. The van der Waals surface area contributed by atoms with Gasteiger partial charge in [0.05, 0.1) is 25.1 Å². The Morgan fingerprint density at radius 2 is 1.74 bits per heavy atom. The van der Waals surface area contributed by atoms with Crippen LogP contribution in [0.15, 0.2) is 54.6 Å². The van der Waals surface area contributed by atoms with Crippen molar-refractivity contribution < 1.29 is 9.84 Å². The molecule has 0 aliphatic carbocycles. The van der Waals surface area contributed by atoms with E-state index < -0.39 is 0 Å². The lowest BCUT2D eigenvalue weighted by molar-refractivity contribution is 0.275. The fourth-order valence-corrected chi connectivity index (χ4v) is 2.54. The summed E-state index contributed by atoms with van der Waals surface area (Å²) in [6.45, 7) is -0.111. The van der Waals surface area contributed by atoms with Crippen LogP contribution in [0.4, 0.5) is 0 Å². The van der Waals surface area contributed by atoms with Gasteiger partial charge in [-0.25, -0.2) is 4.68 Å². The first-order chi connectivity index (χ1) is 11.3. The Morgan fingerprint density at radius 1 is 1.00 bits per heavy atom. The van der Waals surface area contributed by atoms with E-state index >= 15 is 0 Å². The Morgan fingerprint density at radius 3 is 2.39 bits per heavy atom. The Kier molecular flexibility index (Phi) is 4.68. The van der Waals surface area contributed by atoms with Crippen LogP contribution in [0.3, 0.4) is 0 Å². The summed E-state index contributed by atoms with van der Waals surface area (Å²) < 4.78 is 6.97. The quantitative estimate of drug-likeness (QED) is 0.760. The molecule has 5 heteroatoms. The number of aromatic nitrogens is 3. The number of rotatable bonds is 6. The van der Waals surface area contributed by atoms with Crippen LogP contribution in [-0.4, -0.2) is 27.2 Å². The summed E-state index contributed by atoms with van der Waals surface area (Å²) >= 11 is 0. The molecule has 23 heavy (non-hydrogen) atoms. The standard InChI is InChI=1S/C18H19N3O2/c1-23-16-10-8-15(9-11-16)21-18(17(13-22)19-20-21)12-7-14-5-3-2-4-6-14/h2-6,8-11,22H,7,12-13H2,1H3. The molecule has 0 radical (unpaired) electrons. The van der Waals surface area contributed by atoms with E-state index in [1.54, 1.807) is 11.8 Å². The van der Waals surface area contributed by atoms with Crippen molar-refractivity contribution >= 4 is 0 Å². The van der Waals surface area contributed by atoms with E-state index in [4.69, 9.17) is 4.74 Å². The molecule has 1 aromatic heterocycles. The molecule has 0 unspecified atom stereocenters. The summed E-state index contributed by atoms with van der Waals surface area (Å²) in [5.41, 5.74) is 3.71. The van der Waals surface area contributed by atoms with Crippen molar-refractivity contribution in [2.24, 2.45) is 0 Å². The molecule has 1 heterocycles. The highest BCUT2D eigenvalue weighted by Crippen LogP contribution is 2.18. The van der Waals surface area contributed by atoms with Crippen LogP contribution in [-0.2, 0) is 19.4 Å². The topological polar surface area (TPSA) is 60.2 Å². The van der Waals surface area contributed by atoms with Gasteiger partial charge in [0.25, 0.3) is 0 Å². The second-order valence-corrected chi connectivity index (χ2v) is 5.24. The molecular weight excluding hydrogens is 290 g/mol. The van der Waals surface area contributed by atoms with Crippen molar-refractivity contribution in [3.05, 3.63) is 71.5 Å². The number of benzene rings is 2. The molecular formula is C18H19N3O2. The molecule has 0 aliphatic heterocycles. The Bertz CT molecular complexity index is 752. The molecule has 0 bridgehead atoms. The molecule has 118 valence electrons. The lowest BCUT2D eigenvalue weighted by Gasteiger charge is -2.08. The molecule has 5 nitrogen and oxygen atoms in total. The summed E-state index contributed by atoms with van der Waals surface area (Å²) in [5.74, 6) is 0.794. The lowest BCUT2D eigenvalue weighted by Crippen LogP contribution is -2.05. The average molecular weight is 309 g/mol. The molecule has 0 aliphatic rings. The summed E-state index contributed by atoms with van der Waals surface area (Å²) in [6, 6.07) is 17.9. The highest BCUT2D eigenvalue weighted by atomic mass is 16.5. The van der Waals surface area contributed by atoms with Crippen molar-refractivity contribution in [1.82, 2.24) is 15.0 Å². The van der Waals surface area contributed by atoms with Crippen LogP contribution in [0.1, 0.15) is 17.0 Å². The number of aliphatic hydroxyl groups excluding tert-OH is 1. The van der Waals surface area contributed by atoms with Crippen molar-refractivity contribution in [1.29, 1.82) is 0 Å². The predicted octanol–water partition coefficient (Wildman–Crippen LogP) is 2.55. The van der Waals surface area contributed by atoms with E-state index in [0.29, 0.717) is 5.69 Å². The van der Waals surface area contributed by atoms with E-state index in [-0.39, 0.29) is 6.61 Å². The van der Waals surface area contributed by atoms with Crippen LogP contribution in [0.5, 0.6) is 5.75 Å². The Hall–Kier alpha value is -2.66. The van der Waals surface area contributed by atoms with Gasteiger partial charge in [0, 0.05) is 0 Å². The molecule has 3 aromatic rings. The number of hydrogen-bond acceptors (Lipinski definition) is 4.